The van der Waals surface area contributed by atoms with E-state index in [2.05, 4.69) is 81.5 Å². The molecule has 0 amide bonds. The molecule has 1 fully saturated rings. The fourth-order valence-electron chi connectivity index (χ4n) is 5.23. The zero-order valence-electron chi connectivity index (χ0n) is 22.2. The monoisotopic (exact) mass is 526 g/mol. The van der Waals surface area contributed by atoms with Crippen molar-refractivity contribution in [1.82, 2.24) is 9.88 Å². The molecule has 0 atom stereocenters. The van der Waals surface area contributed by atoms with Gasteiger partial charge in [-0.15, -0.1) is 0 Å². The van der Waals surface area contributed by atoms with Gasteiger partial charge in [0.1, 0.15) is 18.4 Å². The van der Waals surface area contributed by atoms with Crippen LogP contribution in [0.25, 0.3) is 11.5 Å². The molecule has 5 aromatic rings. The van der Waals surface area contributed by atoms with Crippen molar-refractivity contribution in [3.63, 3.8) is 0 Å². The Balaban J connectivity index is 1.15. The summed E-state index contributed by atoms with van der Waals surface area (Å²) in [6.07, 6.45) is 0. The standard InChI is InChI=1S/C34H30N4O2/c35-24-31-34(40-33(36-31)29-16-18-30(19-17-29)39-25-26-10-4-1-5-11-26)38-22-20-37(21-23-38)32(27-12-6-2-7-13-27)28-14-8-3-9-15-28/h1-19,32H,20-23,25H2. The van der Waals surface area contributed by atoms with Crippen molar-refractivity contribution >= 4 is 5.88 Å². The predicted octanol–water partition coefficient (Wildman–Crippen LogP) is 6.70. The van der Waals surface area contributed by atoms with Gasteiger partial charge in [-0.2, -0.15) is 10.2 Å². The van der Waals surface area contributed by atoms with Crippen LogP contribution in [-0.2, 0) is 6.61 Å². The lowest BCUT2D eigenvalue weighted by Crippen LogP contribution is -2.48. The number of hydrogen-bond donors (Lipinski definition) is 0. The van der Waals surface area contributed by atoms with Gasteiger partial charge >= 0.3 is 0 Å². The average Bonchev–Trinajstić information content (AvgIpc) is 3.47. The zero-order valence-corrected chi connectivity index (χ0v) is 22.2. The van der Waals surface area contributed by atoms with Gasteiger partial charge in [-0.05, 0) is 41.0 Å². The topological polar surface area (TPSA) is 65.5 Å². The molecule has 4 aromatic carbocycles. The van der Waals surface area contributed by atoms with E-state index in [0.717, 1.165) is 43.1 Å². The van der Waals surface area contributed by atoms with Crippen LogP contribution in [0, 0.1) is 11.3 Å². The predicted molar refractivity (Wildman–Crippen MR) is 156 cm³/mol. The van der Waals surface area contributed by atoms with E-state index < -0.39 is 0 Å². The number of aromatic nitrogens is 1. The smallest absolute Gasteiger partial charge is 0.235 e. The molecule has 0 N–H and O–H groups in total. The number of nitrogens with zero attached hydrogens (tertiary/aromatic N) is 4. The number of anilines is 1. The van der Waals surface area contributed by atoms with E-state index in [-0.39, 0.29) is 6.04 Å². The summed E-state index contributed by atoms with van der Waals surface area (Å²) in [4.78, 5) is 9.16. The van der Waals surface area contributed by atoms with Crippen molar-refractivity contribution in [1.29, 1.82) is 5.26 Å². The Labute approximate surface area is 234 Å². The second-order valence-corrected chi connectivity index (χ2v) is 9.83. The fraction of sp³-hybridized carbons (Fsp3) is 0.176. The van der Waals surface area contributed by atoms with Crippen LogP contribution in [0.4, 0.5) is 5.88 Å². The number of nitriles is 1. The highest BCUT2D eigenvalue weighted by Gasteiger charge is 2.29. The van der Waals surface area contributed by atoms with Crippen molar-refractivity contribution in [2.45, 2.75) is 12.6 Å². The number of hydrogen-bond acceptors (Lipinski definition) is 6. The van der Waals surface area contributed by atoms with E-state index in [4.69, 9.17) is 9.15 Å². The third kappa shape index (κ3) is 5.61. The molecule has 6 rings (SSSR count). The molecule has 6 heteroatoms. The van der Waals surface area contributed by atoms with Gasteiger partial charge in [0, 0.05) is 31.7 Å². The van der Waals surface area contributed by atoms with E-state index in [1.54, 1.807) is 0 Å². The molecule has 1 aromatic heterocycles. The third-order valence-electron chi connectivity index (χ3n) is 7.26. The molecular formula is C34H30N4O2. The second kappa shape index (κ2) is 11.9. The minimum atomic E-state index is 0.174. The Kier molecular flexibility index (Phi) is 7.56. The summed E-state index contributed by atoms with van der Waals surface area (Å²) in [7, 11) is 0. The molecule has 198 valence electrons. The lowest BCUT2D eigenvalue weighted by atomic mass is 9.96. The highest BCUT2D eigenvalue weighted by Crippen LogP contribution is 2.33. The molecule has 0 aliphatic carbocycles. The molecule has 0 unspecified atom stereocenters. The van der Waals surface area contributed by atoms with Gasteiger partial charge in [-0.3, -0.25) is 4.90 Å². The Morgan fingerprint density at radius 2 is 1.32 bits per heavy atom. The van der Waals surface area contributed by atoms with Crippen LogP contribution < -0.4 is 9.64 Å². The maximum absolute atomic E-state index is 9.84. The van der Waals surface area contributed by atoms with Crippen molar-refractivity contribution in [2.24, 2.45) is 0 Å². The van der Waals surface area contributed by atoms with Gasteiger partial charge in [0.15, 0.2) is 0 Å². The third-order valence-corrected chi connectivity index (χ3v) is 7.26. The van der Waals surface area contributed by atoms with Crippen LogP contribution in [0.15, 0.2) is 120 Å². The number of ether oxygens (including phenoxy) is 1. The number of benzene rings is 4. The molecule has 0 radical (unpaired) electrons. The van der Waals surface area contributed by atoms with Gasteiger partial charge in [0.05, 0.1) is 6.04 Å². The largest absolute Gasteiger partial charge is 0.489 e. The van der Waals surface area contributed by atoms with E-state index in [0.29, 0.717) is 24.1 Å². The van der Waals surface area contributed by atoms with Crippen molar-refractivity contribution in [3.8, 4) is 23.3 Å². The summed E-state index contributed by atoms with van der Waals surface area (Å²) in [5.41, 5.74) is 4.79. The van der Waals surface area contributed by atoms with E-state index >= 15 is 0 Å². The Morgan fingerprint density at radius 3 is 1.90 bits per heavy atom. The highest BCUT2D eigenvalue weighted by molar-refractivity contribution is 5.60. The van der Waals surface area contributed by atoms with Crippen LogP contribution >= 0.6 is 0 Å². The van der Waals surface area contributed by atoms with Crippen LogP contribution in [0.2, 0.25) is 0 Å². The summed E-state index contributed by atoms with van der Waals surface area (Å²) >= 11 is 0. The molecular weight excluding hydrogens is 496 g/mol. The van der Waals surface area contributed by atoms with E-state index in [1.165, 1.54) is 11.1 Å². The van der Waals surface area contributed by atoms with Crippen LogP contribution in [0.5, 0.6) is 5.75 Å². The highest BCUT2D eigenvalue weighted by atomic mass is 16.5. The lowest BCUT2D eigenvalue weighted by Gasteiger charge is -2.39. The quantitative estimate of drug-likeness (QED) is 0.224. The summed E-state index contributed by atoms with van der Waals surface area (Å²) in [5.74, 6) is 1.75. The average molecular weight is 527 g/mol. The van der Waals surface area contributed by atoms with Gasteiger partial charge in [0.25, 0.3) is 0 Å². The Morgan fingerprint density at radius 1 is 0.750 bits per heavy atom. The first-order valence-corrected chi connectivity index (χ1v) is 13.6. The Hall–Kier alpha value is -4.86. The van der Waals surface area contributed by atoms with Crippen LogP contribution in [0.1, 0.15) is 28.4 Å². The maximum Gasteiger partial charge on any atom is 0.235 e. The number of rotatable bonds is 8. The molecule has 0 bridgehead atoms. The van der Waals surface area contributed by atoms with Gasteiger partial charge in [-0.25, -0.2) is 0 Å². The van der Waals surface area contributed by atoms with E-state index in [9.17, 15) is 5.26 Å². The summed E-state index contributed by atoms with van der Waals surface area (Å²) < 4.78 is 12.1. The minimum absolute atomic E-state index is 0.174. The molecule has 1 saturated heterocycles. The van der Waals surface area contributed by atoms with Crippen molar-refractivity contribution < 1.29 is 9.15 Å². The summed E-state index contributed by atoms with van der Waals surface area (Å²) in [6, 6.07) is 41.4. The van der Waals surface area contributed by atoms with Crippen molar-refractivity contribution in [2.75, 3.05) is 31.1 Å². The number of piperazine rings is 1. The van der Waals surface area contributed by atoms with E-state index in [1.807, 2.05) is 54.6 Å². The lowest BCUT2D eigenvalue weighted by molar-refractivity contribution is 0.209. The summed E-state index contributed by atoms with van der Waals surface area (Å²) in [5, 5.41) is 9.84. The first-order valence-electron chi connectivity index (χ1n) is 13.6. The molecule has 6 nitrogen and oxygen atoms in total. The van der Waals surface area contributed by atoms with Crippen LogP contribution in [0.3, 0.4) is 0 Å². The molecule has 1 aliphatic rings. The van der Waals surface area contributed by atoms with Gasteiger partial charge < -0.3 is 14.1 Å². The first kappa shape index (κ1) is 25.4. The minimum Gasteiger partial charge on any atom is -0.489 e. The number of oxazole rings is 1. The first-order chi connectivity index (χ1) is 19.8. The zero-order chi connectivity index (χ0) is 27.1. The van der Waals surface area contributed by atoms with Crippen LogP contribution in [-0.4, -0.2) is 36.1 Å². The molecule has 0 saturated carbocycles. The normalized spacial score (nSPS) is 13.8. The van der Waals surface area contributed by atoms with Crippen molar-refractivity contribution in [3.05, 3.63) is 138 Å². The molecule has 2 heterocycles. The second-order valence-electron chi connectivity index (χ2n) is 9.83. The fourth-order valence-corrected chi connectivity index (χ4v) is 5.23. The molecule has 1 aliphatic heterocycles. The SMILES string of the molecule is N#Cc1nc(-c2ccc(OCc3ccccc3)cc2)oc1N1CCN(C(c2ccccc2)c2ccccc2)CC1. The Bertz CT molecular complexity index is 1510. The molecule has 40 heavy (non-hydrogen) atoms. The summed E-state index contributed by atoms with van der Waals surface area (Å²) in [6.45, 7) is 3.66. The van der Waals surface area contributed by atoms with Gasteiger partial charge in [0.2, 0.25) is 17.5 Å². The van der Waals surface area contributed by atoms with Gasteiger partial charge in [-0.1, -0.05) is 91.0 Å². The maximum atomic E-state index is 9.84. The molecule has 0 spiro atoms.